The van der Waals surface area contributed by atoms with Gasteiger partial charge in [0, 0.05) is 15.6 Å². The Bertz CT molecular complexity index is 693. The smallest absolute Gasteiger partial charge is 0.237 e. The Morgan fingerprint density at radius 2 is 1.91 bits per heavy atom. The molecule has 0 radical (unpaired) electrons. The average molecular weight is 398 g/mol. The number of anilines is 1. The van der Waals surface area contributed by atoms with Crippen molar-refractivity contribution in [2.24, 2.45) is 0 Å². The maximum Gasteiger partial charge on any atom is 0.237 e. The van der Waals surface area contributed by atoms with Crippen molar-refractivity contribution in [1.29, 1.82) is 0 Å². The number of aromatic nitrogens is 3. The minimum atomic E-state index is -0.349. The number of nitrogen functional groups attached to an aromatic ring is 1. The Labute approximate surface area is 148 Å². The highest BCUT2D eigenvalue weighted by atomic mass is 79.9. The molecule has 0 aliphatic carbocycles. The van der Waals surface area contributed by atoms with Gasteiger partial charge in [0.05, 0.1) is 5.25 Å². The van der Waals surface area contributed by atoms with Gasteiger partial charge in [-0.25, -0.2) is 4.68 Å². The Hall–Kier alpha value is -1.54. The number of halogens is 1. The summed E-state index contributed by atoms with van der Waals surface area (Å²) in [6.45, 7) is 7.85. The van der Waals surface area contributed by atoms with Crippen LogP contribution < -0.4 is 11.2 Å². The first-order valence-electron chi connectivity index (χ1n) is 7.12. The number of hydrogen-bond donors (Lipinski definition) is 2. The zero-order valence-electron chi connectivity index (χ0n) is 13.5. The topological polar surface area (TPSA) is 85.8 Å². The molecule has 2 aromatic rings. The molecule has 2 rings (SSSR count). The van der Waals surface area contributed by atoms with Gasteiger partial charge in [0.2, 0.25) is 11.1 Å². The molecule has 1 aromatic carbocycles. The van der Waals surface area contributed by atoms with E-state index in [2.05, 4.69) is 31.4 Å². The van der Waals surface area contributed by atoms with Gasteiger partial charge >= 0.3 is 0 Å². The zero-order chi connectivity index (χ0) is 17.2. The quantitative estimate of drug-likeness (QED) is 0.610. The number of hydrogen-bond acceptors (Lipinski definition) is 5. The van der Waals surface area contributed by atoms with Crippen LogP contribution in [0.15, 0.2) is 33.9 Å². The summed E-state index contributed by atoms with van der Waals surface area (Å²) in [5.74, 6) is 6.61. The van der Waals surface area contributed by atoms with Crippen LogP contribution in [0.3, 0.4) is 0 Å². The second kappa shape index (κ2) is 6.92. The van der Waals surface area contributed by atoms with E-state index in [1.807, 2.05) is 52.0 Å². The third-order valence-electron chi connectivity index (χ3n) is 3.10. The number of nitrogens with zero attached hydrogens (tertiary/aromatic N) is 3. The van der Waals surface area contributed by atoms with Crippen molar-refractivity contribution < 1.29 is 4.79 Å². The third kappa shape index (κ3) is 4.48. The standard InChI is InChI=1S/C15H20BrN5OS/c1-9(12(22)18-11-7-5-10(16)6-8-11)23-14-20-19-13(21(14)17)15(2,3)4/h5-9H,17H2,1-4H3,(H,18,22). The largest absolute Gasteiger partial charge is 0.336 e. The molecule has 6 nitrogen and oxygen atoms in total. The number of amides is 1. The van der Waals surface area contributed by atoms with E-state index >= 15 is 0 Å². The van der Waals surface area contributed by atoms with Crippen LogP contribution in [0.25, 0.3) is 0 Å². The predicted molar refractivity (Wildman–Crippen MR) is 97.0 cm³/mol. The monoisotopic (exact) mass is 397 g/mol. The summed E-state index contributed by atoms with van der Waals surface area (Å²) < 4.78 is 2.41. The lowest BCUT2D eigenvalue weighted by Gasteiger charge is -2.17. The summed E-state index contributed by atoms with van der Waals surface area (Å²) in [6, 6.07) is 7.42. The van der Waals surface area contributed by atoms with Gasteiger partial charge in [-0.2, -0.15) is 0 Å². The van der Waals surface area contributed by atoms with Crippen LogP contribution in [0, 0.1) is 0 Å². The molecular weight excluding hydrogens is 378 g/mol. The average Bonchev–Trinajstić information content (AvgIpc) is 2.82. The Morgan fingerprint density at radius 3 is 2.43 bits per heavy atom. The van der Waals surface area contributed by atoms with E-state index in [0.29, 0.717) is 11.0 Å². The van der Waals surface area contributed by atoms with Crippen LogP contribution in [0.1, 0.15) is 33.5 Å². The molecule has 1 heterocycles. The zero-order valence-corrected chi connectivity index (χ0v) is 15.9. The molecule has 1 unspecified atom stereocenters. The van der Waals surface area contributed by atoms with E-state index in [1.165, 1.54) is 16.4 Å². The molecular formula is C15H20BrN5OS. The number of carbonyl (C=O) groups excluding carboxylic acids is 1. The number of nitrogens with two attached hydrogens (primary N) is 1. The van der Waals surface area contributed by atoms with Crippen molar-refractivity contribution in [1.82, 2.24) is 14.9 Å². The second-order valence-corrected chi connectivity index (χ2v) is 8.41. The third-order valence-corrected chi connectivity index (χ3v) is 4.68. The molecule has 1 amide bonds. The van der Waals surface area contributed by atoms with Gasteiger partial charge in [0.1, 0.15) is 0 Å². The number of nitrogens with one attached hydrogen (secondary N) is 1. The Morgan fingerprint density at radius 1 is 1.30 bits per heavy atom. The van der Waals surface area contributed by atoms with Crippen LogP contribution >= 0.6 is 27.7 Å². The summed E-state index contributed by atoms with van der Waals surface area (Å²) in [4.78, 5) is 12.3. The van der Waals surface area contributed by atoms with Gasteiger partial charge < -0.3 is 11.2 Å². The van der Waals surface area contributed by atoms with E-state index < -0.39 is 0 Å². The van der Waals surface area contributed by atoms with E-state index in [0.717, 1.165) is 10.2 Å². The maximum atomic E-state index is 12.3. The number of thioether (sulfide) groups is 1. The van der Waals surface area contributed by atoms with Gasteiger partial charge in [-0.05, 0) is 31.2 Å². The molecule has 1 atom stereocenters. The van der Waals surface area contributed by atoms with Crippen LogP contribution in [0.5, 0.6) is 0 Å². The van der Waals surface area contributed by atoms with Crippen LogP contribution in [-0.4, -0.2) is 26.0 Å². The van der Waals surface area contributed by atoms with E-state index in [1.54, 1.807) is 0 Å². The van der Waals surface area contributed by atoms with Crippen molar-refractivity contribution in [3.8, 4) is 0 Å². The van der Waals surface area contributed by atoms with Gasteiger partial charge in [-0.15, -0.1) is 10.2 Å². The summed E-state index contributed by atoms with van der Waals surface area (Å²) >= 11 is 4.64. The first-order chi connectivity index (χ1) is 10.7. The second-order valence-electron chi connectivity index (χ2n) is 6.18. The molecule has 124 valence electrons. The van der Waals surface area contributed by atoms with Gasteiger partial charge in [0.15, 0.2) is 5.82 Å². The molecule has 0 saturated carbocycles. The van der Waals surface area contributed by atoms with Crippen molar-refractivity contribution in [2.75, 3.05) is 11.2 Å². The van der Waals surface area contributed by atoms with Crippen LogP contribution in [0.4, 0.5) is 5.69 Å². The summed E-state index contributed by atoms with van der Waals surface area (Å²) in [7, 11) is 0. The minimum Gasteiger partial charge on any atom is -0.336 e. The normalized spacial score (nSPS) is 12.9. The van der Waals surface area contributed by atoms with Crippen LogP contribution in [-0.2, 0) is 10.2 Å². The van der Waals surface area contributed by atoms with Gasteiger partial charge in [0.25, 0.3) is 0 Å². The highest BCUT2D eigenvalue weighted by Gasteiger charge is 2.25. The van der Waals surface area contributed by atoms with E-state index in [-0.39, 0.29) is 16.6 Å². The molecule has 0 fully saturated rings. The lowest BCUT2D eigenvalue weighted by molar-refractivity contribution is -0.115. The fourth-order valence-corrected chi connectivity index (χ4v) is 2.89. The van der Waals surface area contributed by atoms with Crippen molar-refractivity contribution in [3.05, 3.63) is 34.6 Å². The lowest BCUT2D eigenvalue weighted by atomic mass is 9.96. The Kier molecular flexibility index (Phi) is 5.36. The summed E-state index contributed by atoms with van der Waals surface area (Å²) in [6.07, 6.45) is 0. The number of benzene rings is 1. The van der Waals surface area contributed by atoms with Crippen molar-refractivity contribution in [3.63, 3.8) is 0 Å². The first-order valence-corrected chi connectivity index (χ1v) is 8.80. The molecule has 0 aliphatic rings. The molecule has 1 aromatic heterocycles. The SMILES string of the molecule is CC(Sc1nnc(C(C)(C)C)n1N)C(=O)Nc1ccc(Br)cc1. The fraction of sp³-hybridized carbons (Fsp3) is 0.400. The molecule has 23 heavy (non-hydrogen) atoms. The molecule has 0 bridgehead atoms. The van der Waals surface area contributed by atoms with Crippen LogP contribution in [0.2, 0.25) is 0 Å². The highest BCUT2D eigenvalue weighted by Crippen LogP contribution is 2.26. The Balaban J connectivity index is 2.04. The first kappa shape index (κ1) is 17.8. The number of rotatable bonds is 4. The minimum absolute atomic E-state index is 0.113. The summed E-state index contributed by atoms with van der Waals surface area (Å²) in [5, 5.41) is 11.3. The maximum absolute atomic E-state index is 12.3. The summed E-state index contributed by atoms with van der Waals surface area (Å²) in [5.41, 5.74) is 0.541. The number of carbonyl (C=O) groups is 1. The molecule has 8 heteroatoms. The van der Waals surface area contributed by atoms with Gasteiger partial charge in [-0.3, -0.25) is 4.79 Å². The molecule has 3 N–H and O–H groups in total. The van der Waals surface area contributed by atoms with Crippen molar-refractivity contribution in [2.45, 2.75) is 43.5 Å². The molecule has 0 saturated heterocycles. The predicted octanol–water partition coefficient (Wildman–Crippen LogP) is 3.17. The highest BCUT2D eigenvalue weighted by molar-refractivity contribution is 9.10. The molecule has 0 aliphatic heterocycles. The van der Waals surface area contributed by atoms with E-state index in [9.17, 15) is 4.79 Å². The fourth-order valence-electron chi connectivity index (χ4n) is 1.86. The van der Waals surface area contributed by atoms with Gasteiger partial charge in [-0.1, -0.05) is 48.5 Å². The van der Waals surface area contributed by atoms with Crippen molar-refractivity contribution >= 4 is 39.3 Å². The van der Waals surface area contributed by atoms with E-state index in [4.69, 9.17) is 5.84 Å². The lowest BCUT2D eigenvalue weighted by Crippen LogP contribution is -2.26. The molecule has 0 spiro atoms.